The zero-order valence-corrected chi connectivity index (χ0v) is 14.2. The summed E-state index contributed by atoms with van der Waals surface area (Å²) in [5, 5.41) is 0. The van der Waals surface area contributed by atoms with Gasteiger partial charge in [-0.2, -0.15) is 4.31 Å². The second-order valence-corrected chi connectivity index (χ2v) is 8.50. The van der Waals surface area contributed by atoms with Gasteiger partial charge in [0.15, 0.2) is 0 Å². The minimum absolute atomic E-state index is 0.104. The molecule has 0 aliphatic carbocycles. The second kappa shape index (κ2) is 5.56. The molecule has 1 saturated heterocycles. The van der Waals surface area contributed by atoms with E-state index in [-0.39, 0.29) is 17.3 Å². The van der Waals surface area contributed by atoms with Gasteiger partial charge in [0.25, 0.3) is 0 Å². The van der Waals surface area contributed by atoms with Gasteiger partial charge in [0.1, 0.15) is 5.67 Å². The summed E-state index contributed by atoms with van der Waals surface area (Å²) < 4.78 is 41.0. The van der Waals surface area contributed by atoms with E-state index in [0.717, 1.165) is 12.0 Å². The van der Waals surface area contributed by atoms with Gasteiger partial charge in [0.05, 0.1) is 4.90 Å². The van der Waals surface area contributed by atoms with Crippen molar-refractivity contribution < 1.29 is 17.6 Å². The van der Waals surface area contributed by atoms with Crippen LogP contribution in [0.2, 0.25) is 0 Å². The van der Waals surface area contributed by atoms with E-state index in [1.165, 1.54) is 18.2 Å². The number of benzene rings is 1. The Morgan fingerprint density at radius 1 is 1.30 bits per heavy atom. The van der Waals surface area contributed by atoms with Gasteiger partial charge in [-0.25, -0.2) is 12.8 Å². The number of alkyl halides is 1. The summed E-state index contributed by atoms with van der Waals surface area (Å²) >= 11 is 0. The van der Waals surface area contributed by atoms with Crippen molar-refractivity contribution in [3.63, 3.8) is 0 Å². The smallest absolute Gasteiger partial charge is 0.243 e. The van der Waals surface area contributed by atoms with Gasteiger partial charge in [-0.3, -0.25) is 4.79 Å². The van der Waals surface area contributed by atoms with Crippen LogP contribution < -0.4 is 4.90 Å². The van der Waals surface area contributed by atoms with Crippen LogP contribution in [-0.2, 0) is 21.2 Å². The lowest BCUT2D eigenvalue weighted by Gasteiger charge is -2.34. The van der Waals surface area contributed by atoms with Gasteiger partial charge in [-0.05, 0) is 43.9 Å². The molecule has 3 rings (SSSR count). The quantitative estimate of drug-likeness (QED) is 0.828. The molecule has 23 heavy (non-hydrogen) atoms. The van der Waals surface area contributed by atoms with Crippen molar-refractivity contribution in [2.75, 3.05) is 24.5 Å². The molecule has 1 fully saturated rings. The fourth-order valence-electron chi connectivity index (χ4n) is 3.35. The van der Waals surface area contributed by atoms with E-state index in [1.807, 2.05) is 0 Å². The van der Waals surface area contributed by atoms with E-state index in [2.05, 4.69) is 0 Å². The topological polar surface area (TPSA) is 57.7 Å². The van der Waals surface area contributed by atoms with E-state index >= 15 is 0 Å². The predicted molar refractivity (Wildman–Crippen MR) is 85.7 cm³/mol. The molecule has 0 aromatic heterocycles. The summed E-state index contributed by atoms with van der Waals surface area (Å²) in [4.78, 5) is 13.4. The third kappa shape index (κ3) is 2.99. The maximum Gasteiger partial charge on any atom is 0.243 e. The molecular formula is C16H21FN2O3S. The van der Waals surface area contributed by atoms with Gasteiger partial charge in [0.2, 0.25) is 15.9 Å². The molecule has 0 N–H and O–H groups in total. The number of hydrogen-bond donors (Lipinski definition) is 0. The summed E-state index contributed by atoms with van der Waals surface area (Å²) in [7, 11) is -3.75. The first kappa shape index (κ1) is 16.4. The Labute approximate surface area is 136 Å². The number of sulfonamides is 1. The standard InChI is InChI=1S/C16H21FN2O3S/c1-12(20)19-9-6-13-4-5-14(10-15(13)19)23(21,22)18-8-3-7-16(2,17)11-18/h4-5,10H,3,6-9,11H2,1-2H3. The fraction of sp³-hybridized carbons (Fsp3) is 0.562. The third-order valence-electron chi connectivity index (χ3n) is 4.58. The van der Waals surface area contributed by atoms with E-state index in [1.54, 1.807) is 23.1 Å². The largest absolute Gasteiger partial charge is 0.312 e. The summed E-state index contributed by atoms with van der Waals surface area (Å²) in [6.45, 7) is 3.68. The Hall–Kier alpha value is -1.47. The average molecular weight is 340 g/mol. The van der Waals surface area contributed by atoms with E-state index in [4.69, 9.17) is 0 Å². The number of fused-ring (bicyclic) bond motifs is 1. The highest BCUT2D eigenvalue weighted by Gasteiger charge is 2.37. The molecule has 5 nitrogen and oxygen atoms in total. The normalized spacial score (nSPS) is 25.4. The summed E-state index contributed by atoms with van der Waals surface area (Å²) in [5.41, 5.74) is 0.125. The van der Waals surface area contributed by atoms with Crippen molar-refractivity contribution in [1.29, 1.82) is 0 Å². The maximum atomic E-state index is 14.2. The van der Waals surface area contributed by atoms with Crippen LogP contribution in [0.5, 0.6) is 0 Å². The summed E-state index contributed by atoms with van der Waals surface area (Å²) in [6, 6.07) is 4.86. The molecule has 1 aromatic rings. The Morgan fingerprint density at radius 3 is 2.70 bits per heavy atom. The molecule has 0 bridgehead atoms. The first-order chi connectivity index (χ1) is 10.7. The highest BCUT2D eigenvalue weighted by molar-refractivity contribution is 7.89. The van der Waals surface area contributed by atoms with Gasteiger partial charge in [0, 0.05) is 32.2 Å². The van der Waals surface area contributed by atoms with Crippen LogP contribution in [0.3, 0.4) is 0 Å². The van der Waals surface area contributed by atoms with Crippen molar-refractivity contribution in [2.45, 2.75) is 43.7 Å². The first-order valence-electron chi connectivity index (χ1n) is 7.81. The predicted octanol–water partition coefficient (Wildman–Crippen LogP) is 2.11. The molecule has 7 heteroatoms. The van der Waals surface area contributed by atoms with Crippen molar-refractivity contribution in [3.8, 4) is 0 Å². The lowest BCUT2D eigenvalue weighted by atomic mass is 9.99. The molecule has 1 amide bonds. The van der Waals surface area contributed by atoms with Crippen molar-refractivity contribution in [2.24, 2.45) is 0 Å². The number of amides is 1. The number of anilines is 1. The molecule has 1 aromatic carbocycles. The SMILES string of the molecule is CC(=O)N1CCc2ccc(S(=O)(=O)N3CCCC(C)(F)C3)cc21. The molecule has 2 aliphatic heterocycles. The molecule has 1 unspecified atom stereocenters. The maximum absolute atomic E-state index is 14.2. The number of halogens is 1. The van der Waals surface area contributed by atoms with Crippen molar-refractivity contribution >= 4 is 21.6 Å². The second-order valence-electron chi connectivity index (χ2n) is 6.57. The van der Waals surface area contributed by atoms with Crippen molar-refractivity contribution in [1.82, 2.24) is 4.31 Å². The number of hydrogen-bond acceptors (Lipinski definition) is 3. The van der Waals surface area contributed by atoms with Crippen LogP contribution in [0.4, 0.5) is 10.1 Å². The van der Waals surface area contributed by atoms with E-state index in [0.29, 0.717) is 31.6 Å². The highest BCUT2D eigenvalue weighted by atomic mass is 32.2. The molecule has 1 atom stereocenters. The van der Waals surface area contributed by atoms with Gasteiger partial charge < -0.3 is 4.90 Å². The molecular weight excluding hydrogens is 319 g/mol. The molecule has 2 aliphatic rings. The number of rotatable bonds is 2. The number of carbonyl (C=O) groups is 1. The Kier molecular flexibility index (Phi) is 3.96. The van der Waals surface area contributed by atoms with Gasteiger partial charge in [-0.1, -0.05) is 6.07 Å². The fourth-order valence-corrected chi connectivity index (χ4v) is 4.96. The minimum Gasteiger partial charge on any atom is -0.312 e. The highest BCUT2D eigenvalue weighted by Crippen LogP contribution is 2.33. The minimum atomic E-state index is -3.75. The van der Waals surface area contributed by atoms with Gasteiger partial charge >= 0.3 is 0 Å². The molecule has 2 heterocycles. The lowest BCUT2D eigenvalue weighted by Crippen LogP contribution is -2.46. The lowest BCUT2D eigenvalue weighted by molar-refractivity contribution is -0.116. The van der Waals surface area contributed by atoms with Gasteiger partial charge in [-0.15, -0.1) is 0 Å². The molecule has 126 valence electrons. The Bertz CT molecular complexity index is 746. The molecule has 0 saturated carbocycles. The monoisotopic (exact) mass is 340 g/mol. The van der Waals surface area contributed by atoms with E-state index in [9.17, 15) is 17.6 Å². The molecule has 0 spiro atoms. The Morgan fingerprint density at radius 2 is 2.04 bits per heavy atom. The Balaban J connectivity index is 1.95. The average Bonchev–Trinajstić information content (AvgIpc) is 2.89. The van der Waals surface area contributed by atoms with Crippen LogP contribution in [0.15, 0.2) is 23.1 Å². The zero-order chi connectivity index (χ0) is 16.8. The van der Waals surface area contributed by atoms with Crippen molar-refractivity contribution in [3.05, 3.63) is 23.8 Å². The first-order valence-corrected chi connectivity index (χ1v) is 9.25. The van der Waals surface area contributed by atoms with Crippen LogP contribution in [0.25, 0.3) is 0 Å². The number of nitrogens with zero attached hydrogens (tertiary/aromatic N) is 2. The van der Waals surface area contributed by atoms with Crippen LogP contribution in [0.1, 0.15) is 32.3 Å². The van der Waals surface area contributed by atoms with E-state index < -0.39 is 15.7 Å². The zero-order valence-electron chi connectivity index (χ0n) is 13.4. The number of piperidine rings is 1. The third-order valence-corrected chi connectivity index (χ3v) is 6.42. The van der Waals surface area contributed by atoms with Crippen LogP contribution in [0, 0.1) is 0 Å². The summed E-state index contributed by atoms with van der Waals surface area (Å²) in [6.07, 6.45) is 1.61. The summed E-state index contributed by atoms with van der Waals surface area (Å²) in [5.74, 6) is -0.104. The van der Waals surface area contributed by atoms with Crippen LogP contribution in [-0.4, -0.2) is 43.9 Å². The molecule has 0 radical (unpaired) electrons. The number of carbonyl (C=O) groups excluding carboxylic acids is 1. The van der Waals surface area contributed by atoms with Crippen LogP contribution >= 0.6 is 0 Å².